The Balaban J connectivity index is 2.14. The minimum absolute atomic E-state index is 0.475. The monoisotopic (exact) mass is 304 g/mol. The first-order valence-electron chi connectivity index (χ1n) is 6.73. The number of hydrogen-bond donors (Lipinski definition) is 2. The van der Waals surface area contributed by atoms with Crippen LogP contribution in [0.1, 0.15) is 5.56 Å². The van der Waals surface area contributed by atoms with Crippen LogP contribution in [0.2, 0.25) is 5.02 Å². The zero-order chi connectivity index (χ0) is 15.0. The van der Waals surface area contributed by atoms with E-state index in [1.165, 1.54) is 0 Å². The number of aromatic nitrogens is 2. The molecule has 3 rings (SSSR count). The first-order valence-corrected chi connectivity index (χ1v) is 7.11. The molecule has 3 heterocycles. The van der Waals surface area contributed by atoms with E-state index >= 15 is 0 Å². The normalized spacial score (nSPS) is 15.9. The lowest BCUT2D eigenvalue weighted by Gasteiger charge is -2.40. The van der Waals surface area contributed by atoms with E-state index in [0.717, 1.165) is 29.9 Å². The van der Waals surface area contributed by atoms with Crippen molar-refractivity contribution < 1.29 is 0 Å². The quantitative estimate of drug-likeness (QED) is 0.836. The summed E-state index contributed by atoms with van der Waals surface area (Å²) in [5, 5.41) is 4.61. The molecule has 0 aromatic carbocycles. The Kier molecular flexibility index (Phi) is 3.65. The number of rotatable bonds is 3. The van der Waals surface area contributed by atoms with Crippen LogP contribution in [0.5, 0.6) is 0 Å². The molecular weight excluding hydrogens is 288 g/mol. The lowest BCUT2D eigenvalue weighted by atomic mass is 10.1. The van der Waals surface area contributed by atoms with Crippen molar-refractivity contribution in [3.63, 3.8) is 0 Å². The molecule has 0 aliphatic carbocycles. The highest BCUT2D eigenvalue weighted by Crippen LogP contribution is 2.32. The second kappa shape index (κ2) is 5.46. The maximum atomic E-state index is 6.30. The van der Waals surface area contributed by atoms with Crippen molar-refractivity contribution in [2.75, 3.05) is 37.8 Å². The number of fused-ring (bicyclic) bond motifs is 1. The fraction of sp³-hybridized carbons (Fsp3) is 0.357. The van der Waals surface area contributed by atoms with Gasteiger partial charge in [0.2, 0.25) is 0 Å². The molecule has 3 N–H and O–H groups in total. The molecule has 2 aromatic heterocycles. The highest BCUT2D eigenvalue weighted by atomic mass is 35.5. The lowest BCUT2D eigenvalue weighted by Crippen LogP contribution is -2.57. The van der Waals surface area contributed by atoms with E-state index in [2.05, 4.69) is 25.2 Å². The minimum atomic E-state index is 0.475. The molecule has 110 valence electrons. The summed E-state index contributed by atoms with van der Waals surface area (Å²) < 4.78 is 0. The number of halogens is 1. The summed E-state index contributed by atoms with van der Waals surface area (Å²) in [5.74, 6) is 0.763. The maximum Gasteiger partial charge on any atom is 0.162 e. The number of likely N-dealkylation sites (N-methyl/N-ethyl adjacent to an activating group) is 1. The molecule has 2 aromatic rings. The number of aliphatic imine (C=N–C) groups is 1. The highest BCUT2D eigenvalue weighted by Gasteiger charge is 2.29. The van der Waals surface area contributed by atoms with E-state index in [1.54, 1.807) is 19.5 Å². The van der Waals surface area contributed by atoms with E-state index in [-0.39, 0.29) is 0 Å². The number of hydrogen-bond acceptors (Lipinski definition) is 6. The van der Waals surface area contributed by atoms with Crippen LogP contribution in [0.3, 0.4) is 0 Å². The summed E-state index contributed by atoms with van der Waals surface area (Å²) in [6.07, 6.45) is 3.33. The van der Waals surface area contributed by atoms with Crippen molar-refractivity contribution in [3.8, 4) is 0 Å². The zero-order valence-corrected chi connectivity index (χ0v) is 12.7. The first kappa shape index (κ1) is 14.0. The largest absolute Gasteiger partial charge is 0.395 e. The summed E-state index contributed by atoms with van der Waals surface area (Å²) in [5.41, 5.74) is 8.36. The number of nitrogen functional groups attached to an aromatic ring is 1. The van der Waals surface area contributed by atoms with Crippen LogP contribution >= 0.6 is 11.6 Å². The van der Waals surface area contributed by atoms with E-state index in [1.807, 2.05) is 13.1 Å². The van der Waals surface area contributed by atoms with Gasteiger partial charge in [0.05, 0.1) is 10.7 Å². The summed E-state index contributed by atoms with van der Waals surface area (Å²) in [7, 11) is 3.67. The minimum Gasteiger partial charge on any atom is -0.395 e. The molecule has 0 spiro atoms. The standard InChI is InChI=1S/C14H17ClN6/c1-17-5-11-10-3-8(15)4-19-13(10)20-14(12(11)16)21-6-9(7-21)18-2/h3-5,9,18H,6-7,16H2,1-2H3. The Morgan fingerprint density at radius 2 is 2.29 bits per heavy atom. The van der Waals surface area contributed by atoms with Gasteiger partial charge < -0.3 is 16.0 Å². The third kappa shape index (κ3) is 2.41. The van der Waals surface area contributed by atoms with E-state index in [0.29, 0.717) is 22.4 Å². The van der Waals surface area contributed by atoms with Gasteiger partial charge in [0.1, 0.15) is 0 Å². The molecule has 0 amide bonds. The lowest BCUT2D eigenvalue weighted by molar-refractivity contribution is 0.448. The van der Waals surface area contributed by atoms with Gasteiger partial charge in [0, 0.05) is 49.5 Å². The fourth-order valence-corrected chi connectivity index (χ4v) is 2.65. The zero-order valence-electron chi connectivity index (χ0n) is 12.0. The van der Waals surface area contributed by atoms with E-state index < -0.39 is 0 Å². The molecule has 0 bridgehead atoms. The van der Waals surface area contributed by atoms with Crippen molar-refractivity contribution >= 4 is 40.4 Å². The molecule has 0 saturated carbocycles. The van der Waals surface area contributed by atoms with Gasteiger partial charge in [-0.2, -0.15) is 0 Å². The third-order valence-electron chi connectivity index (χ3n) is 3.71. The van der Waals surface area contributed by atoms with Crippen molar-refractivity contribution in [1.29, 1.82) is 0 Å². The van der Waals surface area contributed by atoms with Gasteiger partial charge in [-0.05, 0) is 13.1 Å². The Morgan fingerprint density at radius 3 is 2.95 bits per heavy atom. The maximum absolute atomic E-state index is 6.30. The topological polar surface area (TPSA) is 79.4 Å². The predicted molar refractivity (Wildman–Crippen MR) is 87.5 cm³/mol. The summed E-state index contributed by atoms with van der Waals surface area (Å²) in [4.78, 5) is 15.1. The second-order valence-electron chi connectivity index (χ2n) is 5.07. The Morgan fingerprint density at radius 1 is 1.52 bits per heavy atom. The van der Waals surface area contributed by atoms with E-state index in [9.17, 15) is 0 Å². The molecule has 0 unspecified atom stereocenters. The molecule has 6 nitrogen and oxygen atoms in total. The number of nitrogens with two attached hydrogens (primary N) is 1. The van der Waals surface area contributed by atoms with Crippen LogP contribution in [0, 0.1) is 0 Å². The van der Waals surface area contributed by atoms with Gasteiger partial charge in [-0.1, -0.05) is 11.6 Å². The molecule has 1 saturated heterocycles. The summed E-state index contributed by atoms with van der Waals surface area (Å²) in [6.45, 7) is 1.77. The highest BCUT2D eigenvalue weighted by molar-refractivity contribution is 6.31. The number of nitrogens with zero attached hydrogens (tertiary/aromatic N) is 4. The van der Waals surface area contributed by atoms with Gasteiger partial charge in [-0.25, -0.2) is 9.97 Å². The average Bonchev–Trinajstić information content (AvgIpc) is 2.42. The van der Waals surface area contributed by atoms with Gasteiger partial charge in [0.25, 0.3) is 0 Å². The molecule has 1 aliphatic rings. The molecule has 0 radical (unpaired) electrons. The molecule has 1 fully saturated rings. The predicted octanol–water partition coefficient (Wildman–Crippen LogP) is 1.32. The van der Waals surface area contributed by atoms with Gasteiger partial charge in [-0.3, -0.25) is 4.99 Å². The third-order valence-corrected chi connectivity index (χ3v) is 3.92. The van der Waals surface area contributed by atoms with Crippen molar-refractivity contribution in [2.24, 2.45) is 4.99 Å². The molecule has 0 atom stereocenters. The first-order chi connectivity index (χ1) is 10.1. The van der Waals surface area contributed by atoms with Crippen molar-refractivity contribution in [2.45, 2.75) is 6.04 Å². The van der Waals surface area contributed by atoms with Crippen molar-refractivity contribution in [1.82, 2.24) is 15.3 Å². The molecule has 21 heavy (non-hydrogen) atoms. The van der Waals surface area contributed by atoms with Gasteiger partial charge >= 0.3 is 0 Å². The smallest absolute Gasteiger partial charge is 0.162 e. The Labute approximate surface area is 128 Å². The molecule has 7 heteroatoms. The average molecular weight is 305 g/mol. The fourth-order valence-electron chi connectivity index (χ4n) is 2.49. The SMILES string of the molecule is CN=Cc1c(N)c(N2CC(NC)C2)nc2ncc(Cl)cc12. The number of pyridine rings is 2. The van der Waals surface area contributed by atoms with Crippen LogP contribution < -0.4 is 16.0 Å². The molecule has 1 aliphatic heterocycles. The summed E-state index contributed by atoms with van der Waals surface area (Å²) in [6, 6.07) is 2.30. The van der Waals surface area contributed by atoms with Crippen LogP contribution in [0.15, 0.2) is 17.3 Å². The van der Waals surface area contributed by atoms with Crippen LogP contribution in [-0.4, -0.2) is 49.4 Å². The summed E-state index contributed by atoms with van der Waals surface area (Å²) >= 11 is 6.03. The number of anilines is 2. The Hall–Kier alpha value is -1.92. The van der Waals surface area contributed by atoms with Gasteiger partial charge in [-0.15, -0.1) is 0 Å². The number of nitrogens with one attached hydrogen (secondary N) is 1. The van der Waals surface area contributed by atoms with Crippen LogP contribution in [0.25, 0.3) is 11.0 Å². The Bertz CT molecular complexity index is 708. The van der Waals surface area contributed by atoms with E-state index in [4.69, 9.17) is 17.3 Å². The van der Waals surface area contributed by atoms with Crippen LogP contribution in [-0.2, 0) is 0 Å². The van der Waals surface area contributed by atoms with Crippen molar-refractivity contribution in [3.05, 3.63) is 22.8 Å². The second-order valence-corrected chi connectivity index (χ2v) is 5.50. The molecular formula is C14H17ClN6. The van der Waals surface area contributed by atoms with Crippen LogP contribution in [0.4, 0.5) is 11.5 Å². The van der Waals surface area contributed by atoms with Gasteiger partial charge in [0.15, 0.2) is 11.5 Å².